The van der Waals surface area contributed by atoms with Crippen molar-refractivity contribution in [2.45, 2.75) is 68.8 Å². The van der Waals surface area contributed by atoms with Crippen LogP contribution in [0.1, 0.15) is 66.7 Å². The number of hydrogen-bond acceptors (Lipinski definition) is 9. The number of carbonyl (C=O) groups excluding carboxylic acids is 2. The molecule has 0 saturated heterocycles. The highest BCUT2D eigenvalue weighted by Gasteiger charge is 2.55. The largest absolute Gasteiger partial charge is 0.387 e. The molecule has 0 spiro atoms. The number of amides is 2. The number of aliphatic hydroxyl groups is 1. The average molecular weight is 604 g/mol. The van der Waals surface area contributed by atoms with Crippen LogP contribution in [0.25, 0.3) is 10.2 Å². The van der Waals surface area contributed by atoms with Crippen molar-refractivity contribution in [1.82, 2.24) is 25.6 Å². The van der Waals surface area contributed by atoms with Gasteiger partial charge in [0.05, 0.1) is 39.1 Å². The summed E-state index contributed by atoms with van der Waals surface area (Å²) in [5.41, 5.74) is 2.67. The van der Waals surface area contributed by atoms with Crippen molar-refractivity contribution in [2.24, 2.45) is 0 Å². The molecule has 1 atom stereocenters. The molecular weight excluding hydrogens is 569 g/mol. The molecule has 0 aliphatic heterocycles. The Labute approximate surface area is 252 Å². The Kier molecular flexibility index (Phi) is 7.51. The molecule has 0 radical (unpaired) electrons. The summed E-state index contributed by atoms with van der Waals surface area (Å²) in [6, 6.07) is 11.0. The number of nitrogens with one attached hydrogen (secondary N) is 4. The maximum Gasteiger partial charge on any atom is 0.255 e. The molecule has 4 aromatic rings. The molecule has 224 valence electrons. The SMILES string of the molecule is CC(C)(O)C(F)CNC(=O)c1cnc(Nc2ccc3ncsc3c2)cc1NC12CCC(NC(=O)c3ccncc3)(CC1)C2. The van der Waals surface area contributed by atoms with Crippen LogP contribution in [0.3, 0.4) is 0 Å². The molecule has 2 aliphatic rings. The number of nitrogens with zero attached hydrogens (tertiary/aromatic N) is 3. The first-order valence-corrected chi connectivity index (χ1v) is 15.2. The number of halogens is 1. The summed E-state index contributed by atoms with van der Waals surface area (Å²) in [6.07, 6.45) is 6.97. The van der Waals surface area contributed by atoms with Gasteiger partial charge in [0.2, 0.25) is 0 Å². The number of hydrogen-bond donors (Lipinski definition) is 5. The van der Waals surface area contributed by atoms with Crippen molar-refractivity contribution < 1.29 is 19.1 Å². The molecule has 2 amide bonds. The van der Waals surface area contributed by atoms with Gasteiger partial charge in [-0.05, 0) is 76.3 Å². The zero-order valence-electron chi connectivity index (χ0n) is 24.0. The Hall–Kier alpha value is -4.16. The number of alkyl halides is 1. The fourth-order valence-corrected chi connectivity index (χ4v) is 6.78. The van der Waals surface area contributed by atoms with Crippen LogP contribution in [-0.4, -0.2) is 61.3 Å². The number of pyridine rings is 2. The van der Waals surface area contributed by atoms with E-state index in [9.17, 15) is 19.1 Å². The van der Waals surface area contributed by atoms with E-state index in [0.717, 1.165) is 41.6 Å². The number of fused-ring (bicyclic) bond motifs is 3. The van der Waals surface area contributed by atoms with Gasteiger partial charge in [0.25, 0.3) is 11.8 Å². The molecule has 3 heterocycles. The Bertz CT molecular complexity index is 1650. The third-order valence-electron chi connectivity index (χ3n) is 8.52. The molecule has 2 bridgehead atoms. The van der Waals surface area contributed by atoms with Gasteiger partial charge in [-0.15, -0.1) is 11.3 Å². The normalized spacial score (nSPS) is 21.9. The van der Waals surface area contributed by atoms with Crippen molar-refractivity contribution in [3.8, 4) is 0 Å². The molecule has 10 nitrogen and oxygen atoms in total. The minimum absolute atomic E-state index is 0.124. The van der Waals surface area contributed by atoms with Gasteiger partial charge in [0, 0.05) is 47.0 Å². The third kappa shape index (κ3) is 6.16. The Morgan fingerprint density at radius 1 is 1.05 bits per heavy atom. The molecule has 43 heavy (non-hydrogen) atoms. The second-order valence-corrected chi connectivity index (χ2v) is 13.0. The minimum Gasteiger partial charge on any atom is -0.387 e. The molecule has 12 heteroatoms. The van der Waals surface area contributed by atoms with Gasteiger partial charge in [-0.3, -0.25) is 14.6 Å². The minimum atomic E-state index is -1.64. The van der Waals surface area contributed by atoms with Crippen molar-refractivity contribution in [3.63, 3.8) is 0 Å². The molecule has 1 unspecified atom stereocenters. The van der Waals surface area contributed by atoms with Crippen LogP contribution in [0.5, 0.6) is 0 Å². The Morgan fingerprint density at radius 3 is 2.53 bits per heavy atom. The maximum atomic E-state index is 14.5. The highest BCUT2D eigenvalue weighted by Crippen LogP contribution is 2.52. The van der Waals surface area contributed by atoms with Crippen LogP contribution in [0.4, 0.5) is 21.6 Å². The number of carbonyl (C=O) groups is 2. The summed E-state index contributed by atoms with van der Waals surface area (Å²) in [4.78, 5) is 39.1. The molecule has 1 aromatic carbocycles. The van der Waals surface area contributed by atoms with Crippen LogP contribution in [0.15, 0.2) is 60.5 Å². The predicted molar refractivity (Wildman–Crippen MR) is 165 cm³/mol. The highest BCUT2D eigenvalue weighted by molar-refractivity contribution is 7.16. The molecule has 2 aliphatic carbocycles. The van der Waals surface area contributed by atoms with Crippen molar-refractivity contribution in [3.05, 3.63) is 71.6 Å². The van der Waals surface area contributed by atoms with Crippen LogP contribution in [0, 0.1) is 0 Å². The predicted octanol–water partition coefficient (Wildman–Crippen LogP) is 4.97. The molecule has 6 rings (SSSR count). The van der Waals surface area contributed by atoms with Crippen molar-refractivity contribution in [2.75, 3.05) is 17.2 Å². The number of benzene rings is 1. The molecule has 3 aromatic heterocycles. The van der Waals surface area contributed by atoms with E-state index in [1.54, 1.807) is 47.4 Å². The first-order chi connectivity index (χ1) is 20.5. The van der Waals surface area contributed by atoms with E-state index < -0.39 is 17.7 Å². The van der Waals surface area contributed by atoms with Crippen LogP contribution in [-0.2, 0) is 0 Å². The maximum absolute atomic E-state index is 14.5. The fraction of sp³-hybridized carbons (Fsp3) is 0.387. The van der Waals surface area contributed by atoms with Gasteiger partial charge in [0.15, 0.2) is 0 Å². The topological polar surface area (TPSA) is 141 Å². The van der Waals surface area contributed by atoms with E-state index in [1.165, 1.54) is 20.0 Å². The molecule has 5 N–H and O–H groups in total. The van der Waals surface area contributed by atoms with E-state index in [2.05, 4.69) is 36.2 Å². The fourth-order valence-electron chi connectivity index (χ4n) is 6.06. The summed E-state index contributed by atoms with van der Waals surface area (Å²) < 4.78 is 15.5. The quantitative estimate of drug-likeness (QED) is 0.171. The van der Waals surface area contributed by atoms with Crippen molar-refractivity contribution in [1.29, 1.82) is 0 Å². The van der Waals surface area contributed by atoms with Gasteiger partial charge in [-0.25, -0.2) is 14.4 Å². The smallest absolute Gasteiger partial charge is 0.255 e. The number of aromatic nitrogens is 3. The van der Waals surface area contributed by atoms with Crippen LogP contribution < -0.4 is 21.3 Å². The average Bonchev–Trinajstić information content (AvgIpc) is 3.69. The van der Waals surface area contributed by atoms with Crippen LogP contribution >= 0.6 is 11.3 Å². The highest BCUT2D eigenvalue weighted by atomic mass is 32.1. The van der Waals surface area contributed by atoms with E-state index in [-0.39, 0.29) is 29.1 Å². The standard InChI is InChI=1S/C31H34FN7O3S/c1-29(2,42)25(32)16-35-28(41)21-15-34-26(37-20-3-4-22-24(13-20)43-18-36-22)14-23(21)38-30-7-9-31(17-30,10-8-30)39-27(40)19-5-11-33-12-6-19/h3-6,11-15,18,25,42H,7-10,16-17H2,1-2H3,(H,35,41)(H,39,40)(H2,34,37,38). The summed E-state index contributed by atoms with van der Waals surface area (Å²) in [6.45, 7) is 2.38. The van der Waals surface area contributed by atoms with Crippen molar-refractivity contribution >= 4 is 50.6 Å². The van der Waals surface area contributed by atoms with Gasteiger partial charge < -0.3 is 26.4 Å². The lowest BCUT2D eigenvalue weighted by Crippen LogP contribution is -2.45. The number of anilines is 3. The first kappa shape index (κ1) is 28.9. The second-order valence-electron chi connectivity index (χ2n) is 12.2. The van der Waals surface area contributed by atoms with E-state index in [1.807, 2.05) is 18.2 Å². The Balaban J connectivity index is 1.24. The first-order valence-electron chi connectivity index (χ1n) is 14.3. The summed E-state index contributed by atoms with van der Waals surface area (Å²) in [5.74, 6) is -0.0855. The van der Waals surface area contributed by atoms with Gasteiger partial charge in [-0.2, -0.15) is 0 Å². The molecule has 2 saturated carbocycles. The van der Waals surface area contributed by atoms with Gasteiger partial charge >= 0.3 is 0 Å². The van der Waals surface area contributed by atoms with Crippen LogP contribution in [0.2, 0.25) is 0 Å². The summed E-state index contributed by atoms with van der Waals surface area (Å²) in [5, 5.41) is 22.8. The molecular formula is C31H34FN7O3S. The van der Waals surface area contributed by atoms with Gasteiger partial charge in [0.1, 0.15) is 12.0 Å². The number of rotatable bonds is 10. The van der Waals surface area contributed by atoms with E-state index >= 15 is 0 Å². The second kappa shape index (κ2) is 11.2. The monoisotopic (exact) mass is 603 g/mol. The zero-order valence-corrected chi connectivity index (χ0v) is 24.8. The zero-order chi connectivity index (χ0) is 30.2. The van der Waals surface area contributed by atoms with E-state index in [4.69, 9.17) is 0 Å². The Morgan fingerprint density at radius 2 is 1.79 bits per heavy atom. The van der Waals surface area contributed by atoms with Gasteiger partial charge in [-0.1, -0.05) is 0 Å². The van der Waals surface area contributed by atoms with E-state index in [0.29, 0.717) is 23.5 Å². The lowest BCUT2D eigenvalue weighted by Gasteiger charge is -2.30. The summed E-state index contributed by atoms with van der Waals surface area (Å²) >= 11 is 1.54. The third-order valence-corrected chi connectivity index (χ3v) is 9.31. The number of thiazole rings is 1. The lowest BCUT2D eigenvalue weighted by atomic mass is 9.90. The summed E-state index contributed by atoms with van der Waals surface area (Å²) in [7, 11) is 0. The lowest BCUT2D eigenvalue weighted by molar-refractivity contribution is -0.00178. The molecule has 2 fully saturated rings.